The van der Waals surface area contributed by atoms with Crippen molar-refractivity contribution in [2.24, 2.45) is 0 Å². The van der Waals surface area contributed by atoms with E-state index in [1.54, 1.807) is 30.3 Å². The van der Waals surface area contributed by atoms with Crippen molar-refractivity contribution in [2.45, 2.75) is 32.4 Å². The van der Waals surface area contributed by atoms with E-state index < -0.39 is 10.0 Å². The van der Waals surface area contributed by atoms with Gasteiger partial charge >= 0.3 is 0 Å². The monoisotopic (exact) mass is 392 g/mol. The fourth-order valence-corrected chi connectivity index (χ4v) is 4.75. The molecule has 0 aromatic heterocycles. The predicted molar refractivity (Wildman–Crippen MR) is 104 cm³/mol. The smallest absolute Gasteiger partial charge is 0.251 e. The zero-order chi connectivity index (χ0) is 19.1. The maximum Gasteiger partial charge on any atom is 0.251 e. The number of carbonyl (C=O) groups excluding carboxylic acids is 1. The van der Waals surface area contributed by atoms with Crippen LogP contribution in [0.4, 0.5) is 5.69 Å². The quantitative estimate of drug-likeness (QED) is 0.865. The molecule has 7 heteroatoms. The minimum atomic E-state index is -3.33. The van der Waals surface area contributed by atoms with E-state index in [1.807, 2.05) is 26.0 Å². The van der Waals surface area contributed by atoms with E-state index in [0.29, 0.717) is 22.7 Å². The number of hydrogen-bond acceptors (Lipinski definition) is 3. The standard InChI is InChI=1S/C19H21ClN2O3S/c1-12-10-16-11-15(6-9-18(16)22(12)26(3,24)25)19(23)21-13(2)14-4-7-17(20)8-5-14/h4-9,11-13H,10H2,1-3H3,(H,21,23)/t12-,13+/m1/s1. The van der Waals surface area contributed by atoms with Gasteiger partial charge in [0, 0.05) is 16.6 Å². The number of nitrogens with zero attached hydrogens (tertiary/aromatic N) is 1. The molecule has 1 N–H and O–H groups in total. The first-order valence-corrected chi connectivity index (χ1v) is 10.6. The largest absolute Gasteiger partial charge is 0.346 e. The van der Waals surface area contributed by atoms with Crippen molar-refractivity contribution in [1.82, 2.24) is 5.32 Å². The van der Waals surface area contributed by atoms with Gasteiger partial charge in [0.2, 0.25) is 10.0 Å². The molecule has 1 heterocycles. The lowest BCUT2D eigenvalue weighted by Crippen LogP contribution is -2.34. The lowest BCUT2D eigenvalue weighted by atomic mass is 10.0. The molecule has 2 atom stereocenters. The molecule has 0 bridgehead atoms. The average molecular weight is 393 g/mol. The highest BCUT2D eigenvalue weighted by atomic mass is 35.5. The van der Waals surface area contributed by atoms with Gasteiger partial charge in [-0.2, -0.15) is 0 Å². The number of amides is 1. The lowest BCUT2D eigenvalue weighted by Gasteiger charge is -2.22. The molecule has 1 amide bonds. The highest BCUT2D eigenvalue weighted by Crippen LogP contribution is 2.34. The van der Waals surface area contributed by atoms with Crippen LogP contribution in [0.1, 0.15) is 41.4 Å². The SMILES string of the molecule is C[C@H](NC(=O)c1ccc2c(c1)C[C@@H](C)N2S(C)(=O)=O)c1ccc(Cl)cc1. The second-order valence-electron chi connectivity index (χ2n) is 6.70. The Bertz CT molecular complexity index is 942. The van der Waals surface area contributed by atoms with Crippen LogP contribution in [0.15, 0.2) is 42.5 Å². The lowest BCUT2D eigenvalue weighted by molar-refractivity contribution is 0.0940. The molecular formula is C19H21ClN2O3S. The van der Waals surface area contributed by atoms with Gasteiger partial charge in [0.05, 0.1) is 18.0 Å². The minimum Gasteiger partial charge on any atom is -0.346 e. The van der Waals surface area contributed by atoms with Crippen LogP contribution in [0.2, 0.25) is 5.02 Å². The number of anilines is 1. The first-order chi connectivity index (χ1) is 12.2. The summed E-state index contributed by atoms with van der Waals surface area (Å²) < 4.78 is 25.4. The summed E-state index contributed by atoms with van der Waals surface area (Å²) in [6.07, 6.45) is 1.79. The zero-order valence-electron chi connectivity index (χ0n) is 14.9. The molecule has 26 heavy (non-hydrogen) atoms. The van der Waals surface area contributed by atoms with Crippen molar-refractivity contribution in [3.63, 3.8) is 0 Å². The Hall–Kier alpha value is -2.05. The minimum absolute atomic E-state index is 0.147. The van der Waals surface area contributed by atoms with Crippen LogP contribution in [-0.2, 0) is 16.4 Å². The Morgan fingerprint density at radius 1 is 1.23 bits per heavy atom. The van der Waals surface area contributed by atoms with Crippen LogP contribution in [0.25, 0.3) is 0 Å². The van der Waals surface area contributed by atoms with Gasteiger partial charge in [0.25, 0.3) is 5.91 Å². The van der Waals surface area contributed by atoms with E-state index in [-0.39, 0.29) is 18.0 Å². The molecule has 1 aliphatic rings. The number of benzene rings is 2. The fraction of sp³-hybridized carbons (Fsp3) is 0.316. The van der Waals surface area contributed by atoms with Crippen LogP contribution in [0.5, 0.6) is 0 Å². The molecule has 2 aromatic carbocycles. The number of sulfonamides is 1. The summed E-state index contributed by atoms with van der Waals surface area (Å²) in [6, 6.07) is 12.2. The molecule has 0 saturated carbocycles. The molecule has 0 aliphatic carbocycles. The van der Waals surface area contributed by atoms with Crippen molar-refractivity contribution in [3.05, 3.63) is 64.2 Å². The van der Waals surface area contributed by atoms with E-state index in [0.717, 1.165) is 11.1 Å². The van der Waals surface area contributed by atoms with Crippen molar-refractivity contribution in [1.29, 1.82) is 0 Å². The van der Waals surface area contributed by atoms with Crippen molar-refractivity contribution >= 4 is 33.2 Å². The maximum absolute atomic E-state index is 12.6. The first-order valence-electron chi connectivity index (χ1n) is 8.35. The summed E-state index contributed by atoms with van der Waals surface area (Å²) in [7, 11) is -3.33. The Kier molecular flexibility index (Phi) is 4.99. The van der Waals surface area contributed by atoms with Gasteiger partial charge in [0.15, 0.2) is 0 Å². The van der Waals surface area contributed by atoms with Crippen LogP contribution >= 0.6 is 11.6 Å². The van der Waals surface area contributed by atoms with E-state index in [1.165, 1.54) is 10.6 Å². The van der Waals surface area contributed by atoms with Gasteiger partial charge in [-0.15, -0.1) is 0 Å². The summed E-state index contributed by atoms with van der Waals surface area (Å²) in [5, 5.41) is 3.61. The van der Waals surface area contributed by atoms with Crippen LogP contribution in [-0.4, -0.2) is 26.6 Å². The molecular weight excluding hydrogens is 372 g/mol. The summed E-state index contributed by atoms with van der Waals surface area (Å²) in [6.45, 7) is 3.77. The Morgan fingerprint density at radius 2 is 1.88 bits per heavy atom. The summed E-state index contributed by atoms with van der Waals surface area (Å²) in [5.74, 6) is -0.194. The van der Waals surface area contributed by atoms with E-state index in [2.05, 4.69) is 5.32 Å². The third kappa shape index (κ3) is 3.71. The number of rotatable bonds is 4. The summed E-state index contributed by atoms with van der Waals surface area (Å²) >= 11 is 5.89. The second kappa shape index (κ2) is 6.93. The average Bonchev–Trinajstić information content (AvgIpc) is 2.90. The second-order valence-corrected chi connectivity index (χ2v) is 9.00. The highest BCUT2D eigenvalue weighted by molar-refractivity contribution is 7.92. The number of carbonyl (C=O) groups is 1. The molecule has 0 fully saturated rings. The van der Waals surface area contributed by atoms with Crippen molar-refractivity contribution < 1.29 is 13.2 Å². The first kappa shape index (κ1) is 18.7. The number of nitrogens with one attached hydrogen (secondary N) is 1. The van der Waals surface area contributed by atoms with E-state index in [4.69, 9.17) is 11.6 Å². The van der Waals surface area contributed by atoms with Crippen LogP contribution in [0, 0.1) is 0 Å². The molecule has 0 radical (unpaired) electrons. The zero-order valence-corrected chi connectivity index (χ0v) is 16.4. The van der Waals surface area contributed by atoms with Gasteiger partial charge in [-0.3, -0.25) is 9.10 Å². The number of halogens is 1. The van der Waals surface area contributed by atoms with Gasteiger partial charge in [-0.1, -0.05) is 23.7 Å². The van der Waals surface area contributed by atoms with Crippen LogP contribution in [0.3, 0.4) is 0 Å². The maximum atomic E-state index is 12.6. The van der Waals surface area contributed by atoms with Crippen LogP contribution < -0.4 is 9.62 Å². The molecule has 1 aliphatic heterocycles. The van der Waals surface area contributed by atoms with Gasteiger partial charge in [-0.05, 0) is 61.7 Å². The number of fused-ring (bicyclic) bond motifs is 1. The molecule has 3 rings (SSSR count). The normalized spacial score (nSPS) is 17.7. The fourth-order valence-electron chi connectivity index (χ4n) is 3.36. The Morgan fingerprint density at radius 3 is 2.50 bits per heavy atom. The number of hydrogen-bond donors (Lipinski definition) is 1. The van der Waals surface area contributed by atoms with E-state index in [9.17, 15) is 13.2 Å². The molecule has 2 aromatic rings. The topological polar surface area (TPSA) is 66.5 Å². The summed E-state index contributed by atoms with van der Waals surface area (Å²) in [5.41, 5.74) is 3.00. The molecule has 138 valence electrons. The molecule has 5 nitrogen and oxygen atoms in total. The van der Waals surface area contributed by atoms with Gasteiger partial charge in [-0.25, -0.2) is 8.42 Å². The Balaban J connectivity index is 1.80. The van der Waals surface area contributed by atoms with Gasteiger partial charge < -0.3 is 5.32 Å². The Labute approximate surface area is 159 Å². The van der Waals surface area contributed by atoms with Crippen molar-refractivity contribution in [2.75, 3.05) is 10.6 Å². The van der Waals surface area contributed by atoms with Gasteiger partial charge in [0.1, 0.15) is 0 Å². The third-order valence-corrected chi connectivity index (χ3v) is 6.09. The predicted octanol–water partition coefficient (Wildman–Crippen LogP) is 3.54. The molecule has 0 saturated heterocycles. The van der Waals surface area contributed by atoms with Crippen molar-refractivity contribution in [3.8, 4) is 0 Å². The van der Waals surface area contributed by atoms with E-state index >= 15 is 0 Å². The summed E-state index contributed by atoms with van der Waals surface area (Å²) in [4.78, 5) is 12.6. The molecule has 0 unspecified atom stereocenters. The third-order valence-electron chi connectivity index (χ3n) is 4.57. The highest BCUT2D eigenvalue weighted by Gasteiger charge is 2.32. The molecule has 0 spiro atoms.